The number of ether oxygens (including phenoxy) is 3. The minimum absolute atomic E-state index is 0.0705. The van der Waals surface area contributed by atoms with Crippen molar-refractivity contribution in [2.75, 3.05) is 13.2 Å². The lowest BCUT2D eigenvalue weighted by Crippen LogP contribution is -2.30. The molecule has 0 aliphatic rings. The van der Waals surface area contributed by atoms with Crippen LogP contribution in [0, 0.1) is 0 Å². The number of esters is 3. The van der Waals surface area contributed by atoms with E-state index in [2.05, 4.69) is 57.2 Å². The van der Waals surface area contributed by atoms with E-state index in [1.807, 2.05) is 0 Å². The van der Waals surface area contributed by atoms with Gasteiger partial charge in [0.15, 0.2) is 6.10 Å². The predicted molar refractivity (Wildman–Crippen MR) is 362 cm³/mol. The van der Waals surface area contributed by atoms with Crippen molar-refractivity contribution < 1.29 is 28.6 Å². The Morgan fingerprint density at radius 3 is 0.675 bits per heavy atom. The number of hydrogen-bond donors (Lipinski definition) is 0. The standard InChI is InChI=1S/C77H144O6/c1-4-7-10-13-16-19-22-25-28-30-32-34-36-37-38-39-40-42-43-45-47-49-52-55-58-61-64-67-70-76(79)82-73-74(72-81-75(78)69-66-63-60-57-54-51-27-24-21-18-15-12-9-6-3)83-77(80)71-68-65-62-59-56-53-50-48-46-44-41-35-33-31-29-26-23-20-17-14-11-8-5-2/h23-24,26-27,31,33,74H,4-22,25,28-30,32,34-73H2,1-3H3/b26-23-,27-24-,33-31-. The summed E-state index contributed by atoms with van der Waals surface area (Å²) in [7, 11) is 0. The summed E-state index contributed by atoms with van der Waals surface area (Å²) in [5, 5.41) is 0. The van der Waals surface area contributed by atoms with Gasteiger partial charge in [-0.3, -0.25) is 14.4 Å². The molecule has 1 atom stereocenters. The molecule has 0 aliphatic carbocycles. The third kappa shape index (κ3) is 70.3. The fraction of sp³-hybridized carbons (Fsp3) is 0.883. The highest BCUT2D eigenvalue weighted by atomic mass is 16.6. The molecule has 0 aromatic heterocycles. The Kier molecular flexibility index (Phi) is 70.0. The number of allylic oxidation sites excluding steroid dienone is 6. The summed E-state index contributed by atoms with van der Waals surface area (Å²) in [6, 6.07) is 0. The monoisotopic (exact) mass is 1170 g/mol. The molecule has 1 unspecified atom stereocenters. The van der Waals surface area contributed by atoms with Crippen LogP contribution in [0.2, 0.25) is 0 Å². The number of carbonyl (C=O) groups excluding carboxylic acids is 3. The first-order valence-electron chi connectivity index (χ1n) is 37.5. The minimum atomic E-state index is -0.776. The zero-order valence-electron chi connectivity index (χ0n) is 56.2. The van der Waals surface area contributed by atoms with Gasteiger partial charge in [0.05, 0.1) is 0 Å². The van der Waals surface area contributed by atoms with E-state index in [1.54, 1.807) is 0 Å². The van der Waals surface area contributed by atoms with E-state index in [1.165, 1.54) is 308 Å². The molecule has 488 valence electrons. The molecule has 0 aromatic rings. The van der Waals surface area contributed by atoms with Crippen LogP contribution in [-0.4, -0.2) is 37.2 Å². The highest BCUT2D eigenvalue weighted by molar-refractivity contribution is 5.71. The molecule has 0 radical (unpaired) electrons. The summed E-state index contributed by atoms with van der Waals surface area (Å²) in [5.41, 5.74) is 0. The smallest absolute Gasteiger partial charge is 0.306 e. The first kappa shape index (κ1) is 80.6. The van der Waals surface area contributed by atoms with Crippen molar-refractivity contribution in [1.82, 2.24) is 0 Å². The van der Waals surface area contributed by atoms with Crippen molar-refractivity contribution in [1.29, 1.82) is 0 Å². The van der Waals surface area contributed by atoms with E-state index < -0.39 is 6.10 Å². The van der Waals surface area contributed by atoms with E-state index in [0.717, 1.165) is 70.6 Å². The Bertz CT molecular complexity index is 1380. The molecule has 0 bridgehead atoms. The lowest BCUT2D eigenvalue weighted by molar-refractivity contribution is -0.167. The van der Waals surface area contributed by atoms with E-state index in [0.29, 0.717) is 19.3 Å². The van der Waals surface area contributed by atoms with Crippen molar-refractivity contribution in [3.8, 4) is 0 Å². The van der Waals surface area contributed by atoms with Crippen LogP contribution in [0.1, 0.15) is 419 Å². The summed E-state index contributed by atoms with van der Waals surface area (Å²) in [6.07, 6.45) is 90.5. The molecule has 0 fully saturated rings. The van der Waals surface area contributed by atoms with Gasteiger partial charge in [-0.15, -0.1) is 0 Å². The van der Waals surface area contributed by atoms with Gasteiger partial charge in [0, 0.05) is 19.3 Å². The second-order valence-electron chi connectivity index (χ2n) is 25.6. The fourth-order valence-corrected chi connectivity index (χ4v) is 11.5. The Morgan fingerprint density at radius 1 is 0.241 bits per heavy atom. The molecular weight excluding hydrogens is 1020 g/mol. The maximum Gasteiger partial charge on any atom is 0.306 e. The van der Waals surface area contributed by atoms with Crippen molar-refractivity contribution in [3.05, 3.63) is 36.5 Å². The highest BCUT2D eigenvalue weighted by Gasteiger charge is 2.20. The molecule has 0 saturated heterocycles. The molecule has 0 saturated carbocycles. The van der Waals surface area contributed by atoms with Crippen LogP contribution < -0.4 is 0 Å². The molecule has 6 nitrogen and oxygen atoms in total. The van der Waals surface area contributed by atoms with Crippen molar-refractivity contribution in [2.24, 2.45) is 0 Å². The Morgan fingerprint density at radius 2 is 0.434 bits per heavy atom. The van der Waals surface area contributed by atoms with Gasteiger partial charge in [-0.25, -0.2) is 0 Å². The molecule has 83 heavy (non-hydrogen) atoms. The van der Waals surface area contributed by atoms with Crippen LogP contribution in [0.15, 0.2) is 36.5 Å². The molecule has 0 rings (SSSR count). The topological polar surface area (TPSA) is 78.9 Å². The normalized spacial score (nSPS) is 12.2. The zero-order valence-corrected chi connectivity index (χ0v) is 56.2. The van der Waals surface area contributed by atoms with Crippen LogP contribution in [0.25, 0.3) is 0 Å². The molecule has 0 spiro atoms. The first-order valence-corrected chi connectivity index (χ1v) is 37.5. The summed E-state index contributed by atoms with van der Waals surface area (Å²) in [5.74, 6) is -0.851. The second kappa shape index (κ2) is 72.1. The van der Waals surface area contributed by atoms with Gasteiger partial charge in [0.1, 0.15) is 13.2 Å². The molecule has 0 amide bonds. The third-order valence-corrected chi connectivity index (χ3v) is 17.1. The Labute approximate surface area is 518 Å². The van der Waals surface area contributed by atoms with Crippen LogP contribution >= 0.6 is 0 Å². The first-order chi connectivity index (χ1) is 41.0. The summed E-state index contributed by atoms with van der Waals surface area (Å²) in [6.45, 7) is 6.69. The molecular formula is C77H144O6. The minimum Gasteiger partial charge on any atom is -0.462 e. The SMILES string of the molecule is CCCCCCC/C=C\C/C=C\CCCCCCCCCCCCCC(=O)OC(COC(=O)CCCCCCC/C=C\CCCCCCC)COC(=O)CCCCCCCCCCCCCCCCCCCCCCCCCCCCCC. The van der Waals surface area contributed by atoms with Gasteiger partial charge in [-0.2, -0.15) is 0 Å². The van der Waals surface area contributed by atoms with E-state index >= 15 is 0 Å². The quantitative estimate of drug-likeness (QED) is 0.0261. The second-order valence-corrected chi connectivity index (χ2v) is 25.6. The predicted octanol–water partition coefficient (Wildman–Crippen LogP) is 25.9. The summed E-state index contributed by atoms with van der Waals surface area (Å²) in [4.78, 5) is 38.5. The molecule has 0 N–H and O–H groups in total. The van der Waals surface area contributed by atoms with Crippen molar-refractivity contribution in [3.63, 3.8) is 0 Å². The number of carbonyl (C=O) groups is 3. The van der Waals surface area contributed by atoms with E-state index in [9.17, 15) is 14.4 Å². The fourth-order valence-electron chi connectivity index (χ4n) is 11.5. The van der Waals surface area contributed by atoms with Crippen LogP contribution in [0.5, 0.6) is 0 Å². The van der Waals surface area contributed by atoms with Crippen LogP contribution in [0.3, 0.4) is 0 Å². The maximum atomic E-state index is 13.0. The molecule has 6 heteroatoms. The van der Waals surface area contributed by atoms with Crippen molar-refractivity contribution >= 4 is 17.9 Å². The van der Waals surface area contributed by atoms with Crippen molar-refractivity contribution in [2.45, 2.75) is 425 Å². The van der Waals surface area contributed by atoms with Gasteiger partial charge in [0.2, 0.25) is 0 Å². The average molecular weight is 1170 g/mol. The van der Waals surface area contributed by atoms with Gasteiger partial charge < -0.3 is 14.2 Å². The number of hydrogen-bond acceptors (Lipinski definition) is 6. The Hall–Kier alpha value is -2.37. The van der Waals surface area contributed by atoms with Gasteiger partial charge in [0.25, 0.3) is 0 Å². The molecule has 0 aliphatic heterocycles. The van der Waals surface area contributed by atoms with Gasteiger partial charge in [-0.05, 0) is 77.0 Å². The van der Waals surface area contributed by atoms with Crippen LogP contribution in [0.4, 0.5) is 0 Å². The van der Waals surface area contributed by atoms with E-state index in [4.69, 9.17) is 14.2 Å². The zero-order chi connectivity index (χ0) is 59.9. The number of rotatable bonds is 70. The Balaban J connectivity index is 4.21. The van der Waals surface area contributed by atoms with E-state index in [-0.39, 0.29) is 31.1 Å². The molecule has 0 heterocycles. The maximum absolute atomic E-state index is 13.0. The highest BCUT2D eigenvalue weighted by Crippen LogP contribution is 2.19. The third-order valence-electron chi connectivity index (χ3n) is 17.1. The van der Waals surface area contributed by atoms with Crippen LogP contribution in [-0.2, 0) is 28.6 Å². The largest absolute Gasteiger partial charge is 0.462 e. The van der Waals surface area contributed by atoms with Gasteiger partial charge in [-0.1, -0.05) is 359 Å². The lowest BCUT2D eigenvalue weighted by Gasteiger charge is -2.18. The number of unbranched alkanes of at least 4 members (excludes halogenated alkanes) is 53. The average Bonchev–Trinajstić information content (AvgIpc) is 3.49. The molecule has 0 aromatic carbocycles. The van der Waals surface area contributed by atoms with Gasteiger partial charge >= 0.3 is 17.9 Å². The summed E-state index contributed by atoms with van der Waals surface area (Å²) >= 11 is 0. The lowest BCUT2D eigenvalue weighted by atomic mass is 10.0. The summed E-state index contributed by atoms with van der Waals surface area (Å²) < 4.78 is 17.0.